The number of benzene rings is 1. The fourth-order valence-electron chi connectivity index (χ4n) is 3.68. The highest BCUT2D eigenvalue weighted by molar-refractivity contribution is 6.06. The quantitative estimate of drug-likeness (QED) is 0.520. The molecule has 1 saturated heterocycles. The topological polar surface area (TPSA) is 49.8 Å². The molecule has 2 aliphatic rings. The van der Waals surface area contributed by atoms with Crippen LogP contribution in [0.25, 0.3) is 0 Å². The zero-order valence-electron chi connectivity index (χ0n) is 14.3. The zero-order valence-corrected chi connectivity index (χ0v) is 14.3. The summed E-state index contributed by atoms with van der Waals surface area (Å²) in [5.41, 5.74) is 1.78. The number of nitrogens with zero attached hydrogens (tertiary/aromatic N) is 1. The molecule has 1 aliphatic heterocycles. The number of carbonyl (C=O) groups excluding carboxylic acids is 1. The summed E-state index contributed by atoms with van der Waals surface area (Å²) >= 11 is 0. The Morgan fingerprint density at radius 3 is 2.92 bits per heavy atom. The molecule has 128 valence electrons. The van der Waals surface area contributed by atoms with E-state index in [2.05, 4.69) is 24.8 Å². The fourth-order valence-corrected chi connectivity index (χ4v) is 3.68. The Morgan fingerprint density at radius 2 is 2.17 bits per heavy atom. The SMILES string of the molecule is CC1=CC(C)C(C2OCCN2C=CC(=O)c2ccccc2O)CC1. The highest BCUT2D eigenvalue weighted by atomic mass is 16.5. The number of phenols is 1. The molecule has 24 heavy (non-hydrogen) atoms. The number of para-hydroxylation sites is 1. The van der Waals surface area contributed by atoms with E-state index in [1.807, 2.05) is 6.20 Å². The van der Waals surface area contributed by atoms with Crippen LogP contribution in [-0.2, 0) is 4.74 Å². The molecule has 4 heteroatoms. The van der Waals surface area contributed by atoms with Gasteiger partial charge < -0.3 is 14.7 Å². The molecule has 0 aromatic heterocycles. The van der Waals surface area contributed by atoms with Crippen LogP contribution in [0.3, 0.4) is 0 Å². The normalized spacial score (nSPS) is 27.5. The number of aromatic hydroxyl groups is 1. The molecule has 3 rings (SSSR count). The first-order valence-corrected chi connectivity index (χ1v) is 8.61. The number of allylic oxidation sites excluding steroid dienone is 3. The van der Waals surface area contributed by atoms with E-state index in [9.17, 15) is 9.90 Å². The lowest BCUT2D eigenvalue weighted by molar-refractivity contribution is -0.0121. The minimum absolute atomic E-state index is 0.0166. The second kappa shape index (κ2) is 7.22. The van der Waals surface area contributed by atoms with Crippen molar-refractivity contribution in [2.75, 3.05) is 13.2 Å². The molecule has 3 atom stereocenters. The molecule has 0 amide bonds. The van der Waals surface area contributed by atoms with Crippen LogP contribution >= 0.6 is 0 Å². The number of hydrogen-bond acceptors (Lipinski definition) is 4. The maximum atomic E-state index is 12.3. The van der Waals surface area contributed by atoms with Crippen molar-refractivity contribution in [3.63, 3.8) is 0 Å². The largest absolute Gasteiger partial charge is 0.507 e. The van der Waals surface area contributed by atoms with Gasteiger partial charge in [-0.3, -0.25) is 4.79 Å². The van der Waals surface area contributed by atoms with Gasteiger partial charge in [0, 0.05) is 24.7 Å². The minimum Gasteiger partial charge on any atom is -0.507 e. The predicted octanol–water partition coefficient (Wildman–Crippen LogP) is 3.74. The van der Waals surface area contributed by atoms with Crippen molar-refractivity contribution in [1.82, 2.24) is 4.90 Å². The van der Waals surface area contributed by atoms with Crippen LogP contribution in [0.5, 0.6) is 5.75 Å². The van der Waals surface area contributed by atoms with Crippen molar-refractivity contribution in [2.45, 2.75) is 32.9 Å². The van der Waals surface area contributed by atoms with Crippen LogP contribution in [-0.4, -0.2) is 35.2 Å². The maximum absolute atomic E-state index is 12.3. The standard InChI is InChI=1S/C20H25NO3/c1-14-7-8-16(15(2)13-14)20-21(11-12-24-20)10-9-19(23)17-5-3-4-6-18(17)22/h3-6,9-10,13,15-16,20,22H,7-8,11-12H2,1-2H3. The van der Waals surface area contributed by atoms with E-state index < -0.39 is 0 Å². The summed E-state index contributed by atoms with van der Waals surface area (Å²) in [6, 6.07) is 6.62. The fraction of sp³-hybridized carbons (Fsp3) is 0.450. The molecule has 1 aliphatic carbocycles. The predicted molar refractivity (Wildman–Crippen MR) is 93.7 cm³/mol. The Hall–Kier alpha value is -2.07. The smallest absolute Gasteiger partial charge is 0.190 e. The molecule has 0 saturated carbocycles. The van der Waals surface area contributed by atoms with Gasteiger partial charge in [0.1, 0.15) is 12.0 Å². The maximum Gasteiger partial charge on any atom is 0.190 e. The second-order valence-electron chi connectivity index (χ2n) is 6.77. The molecule has 1 heterocycles. The van der Waals surface area contributed by atoms with Gasteiger partial charge in [0.05, 0.1) is 12.2 Å². The number of phenolic OH excluding ortho intramolecular Hbond substituents is 1. The van der Waals surface area contributed by atoms with E-state index in [0.29, 0.717) is 24.0 Å². The molecule has 1 aromatic carbocycles. The summed E-state index contributed by atoms with van der Waals surface area (Å²) < 4.78 is 5.96. The molecule has 1 N–H and O–H groups in total. The first kappa shape index (κ1) is 16.8. The summed E-state index contributed by atoms with van der Waals surface area (Å²) in [4.78, 5) is 14.4. The van der Waals surface area contributed by atoms with Gasteiger partial charge in [-0.15, -0.1) is 0 Å². The summed E-state index contributed by atoms with van der Waals surface area (Å²) in [6.07, 6.45) is 7.95. The van der Waals surface area contributed by atoms with Gasteiger partial charge in [-0.25, -0.2) is 0 Å². The number of hydrogen-bond donors (Lipinski definition) is 1. The van der Waals surface area contributed by atoms with E-state index in [0.717, 1.165) is 19.4 Å². The lowest BCUT2D eigenvalue weighted by atomic mass is 9.81. The monoisotopic (exact) mass is 327 g/mol. The Balaban J connectivity index is 1.70. The van der Waals surface area contributed by atoms with Crippen molar-refractivity contribution in [1.29, 1.82) is 0 Å². The van der Waals surface area contributed by atoms with Crippen molar-refractivity contribution in [2.24, 2.45) is 11.8 Å². The lowest BCUT2D eigenvalue weighted by Gasteiger charge is -2.35. The molecule has 0 radical (unpaired) electrons. The van der Waals surface area contributed by atoms with Crippen LogP contribution in [0, 0.1) is 11.8 Å². The summed E-state index contributed by atoms with van der Waals surface area (Å²) in [7, 11) is 0. The average Bonchev–Trinajstić information content (AvgIpc) is 3.01. The van der Waals surface area contributed by atoms with Gasteiger partial charge in [-0.05, 0) is 37.8 Å². The third-order valence-corrected chi connectivity index (χ3v) is 5.01. The van der Waals surface area contributed by atoms with Crippen molar-refractivity contribution in [3.8, 4) is 5.75 Å². The first-order chi connectivity index (χ1) is 11.6. The molecule has 3 unspecified atom stereocenters. The van der Waals surface area contributed by atoms with Crippen molar-refractivity contribution < 1.29 is 14.6 Å². The zero-order chi connectivity index (χ0) is 17.1. The molecule has 4 nitrogen and oxygen atoms in total. The molecule has 1 fully saturated rings. The van der Waals surface area contributed by atoms with Crippen molar-refractivity contribution in [3.05, 3.63) is 53.8 Å². The van der Waals surface area contributed by atoms with Gasteiger partial charge in [-0.1, -0.05) is 30.7 Å². The Labute approximate surface area is 143 Å². The van der Waals surface area contributed by atoms with E-state index >= 15 is 0 Å². The van der Waals surface area contributed by atoms with E-state index in [4.69, 9.17) is 4.74 Å². The average molecular weight is 327 g/mol. The Bertz CT molecular complexity index is 665. The molecular weight excluding hydrogens is 302 g/mol. The Kier molecular flexibility index (Phi) is 5.05. The van der Waals surface area contributed by atoms with E-state index in [-0.39, 0.29) is 17.8 Å². The van der Waals surface area contributed by atoms with Gasteiger partial charge in [0.25, 0.3) is 0 Å². The summed E-state index contributed by atoms with van der Waals surface area (Å²) in [5.74, 6) is 0.752. The molecule has 0 bridgehead atoms. The van der Waals surface area contributed by atoms with E-state index in [1.165, 1.54) is 17.7 Å². The van der Waals surface area contributed by atoms with Crippen LogP contribution in [0.2, 0.25) is 0 Å². The lowest BCUT2D eigenvalue weighted by Crippen LogP contribution is -2.37. The molecular formula is C20H25NO3. The second-order valence-corrected chi connectivity index (χ2v) is 6.77. The highest BCUT2D eigenvalue weighted by Gasteiger charge is 2.35. The number of rotatable bonds is 4. The first-order valence-electron chi connectivity index (χ1n) is 8.61. The van der Waals surface area contributed by atoms with Crippen LogP contribution in [0.4, 0.5) is 0 Å². The van der Waals surface area contributed by atoms with Crippen LogP contribution in [0.15, 0.2) is 48.2 Å². The number of ketones is 1. The van der Waals surface area contributed by atoms with Gasteiger partial charge in [-0.2, -0.15) is 0 Å². The van der Waals surface area contributed by atoms with Crippen LogP contribution < -0.4 is 0 Å². The number of ether oxygens (including phenoxy) is 1. The summed E-state index contributed by atoms with van der Waals surface area (Å²) in [5, 5.41) is 9.79. The van der Waals surface area contributed by atoms with Crippen LogP contribution in [0.1, 0.15) is 37.0 Å². The molecule has 0 spiro atoms. The Morgan fingerprint density at radius 1 is 1.38 bits per heavy atom. The van der Waals surface area contributed by atoms with Gasteiger partial charge in [0.2, 0.25) is 0 Å². The summed E-state index contributed by atoms with van der Waals surface area (Å²) in [6.45, 7) is 5.90. The molecule has 1 aromatic rings. The minimum atomic E-state index is -0.189. The van der Waals surface area contributed by atoms with Gasteiger partial charge >= 0.3 is 0 Å². The number of carbonyl (C=O) groups is 1. The third-order valence-electron chi connectivity index (χ3n) is 5.01. The highest BCUT2D eigenvalue weighted by Crippen LogP contribution is 2.35. The van der Waals surface area contributed by atoms with Gasteiger partial charge in [0.15, 0.2) is 5.78 Å². The van der Waals surface area contributed by atoms with Crippen molar-refractivity contribution >= 4 is 5.78 Å². The third kappa shape index (κ3) is 3.54. The van der Waals surface area contributed by atoms with E-state index in [1.54, 1.807) is 18.2 Å².